The maximum atomic E-state index is 10.0. The summed E-state index contributed by atoms with van der Waals surface area (Å²) in [6.45, 7) is 1.86. The van der Waals surface area contributed by atoms with Crippen LogP contribution in [-0.2, 0) is 0 Å². The van der Waals surface area contributed by atoms with Crippen LogP contribution in [-0.4, -0.2) is 20.1 Å². The summed E-state index contributed by atoms with van der Waals surface area (Å²) >= 11 is 0. The number of pyridine rings is 1. The first-order chi connectivity index (χ1) is 8.25. The molecule has 84 valence electrons. The molecule has 3 aromatic rings. The van der Waals surface area contributed by atoms with Crippen molar-refractivity contribution in [3.63, 3.8) is 0 Å². The van der Waals surface area contributed by atoms with Gasteiger partial charge in [0, 0.05) is 6.20 Å². The van der Waals surface area contributed by atoms with Gasteiger partial charge in [-0.1, -0.05) is 12.1 Å². The van der Waals surface area contributed by atoms with Crippen LogP contribution in [0.1, 0.15) is 5.56 Å². The Morgan fingerprint density at radius 1 is 1.24 bits per heavy atom. The Balaban J connectivity index is 2.24. The molecule has 0 spiro atoms. The van der Waals surface area contributed by atoms with Crippen molar-refractivity contribution in [1.29, 1.82) is 0 Å². The molecule has 0 fully saturated rings. The van der Waals surface area contributed by atoms with Gasteiger partial charge in [0.1, 0.15) is 11.6 Å². The number of phenols is 1. The van der Waals surface area contributed by atoms with Gasteiger partial charge in [-0.2, -0.15) is 0 Å². The summed E-state index contributed by atoms with van der Waals surface area (Å²) in [4.78, 5) is 11.6. The average Bonchev–Trinajstić information content (AvgIpc) is 2.76. The van der Waals surface area contributed by atoms with Gasteiger partial charge in [0.25, 0.3) is 0 Å². The van der Waals surface area contributed by atoms with Crippen LogP contribution in [0.4, 0.5) is 0 Å². The van der Waals surface area contributed by atoms with Gasteiger partial charge in [0.2, 0.25) is 0 Å². The number of hydrogen-bond acceptors (Lipinski definition) is 3. The van der Waals surface area contributed by atoms with Crippen molar-refractivity contribution in [3.05, 3.63) is 42.2 Å². The van der Waals surface area contributed by atoms with E-state index in [1.165, 1.54) is 0 Å². The number of para-hydroxylation sites is 1. The van der Waals surface area contributed by atoms with Gasteiger partial charge in [-0.05, 0) is 24.6 Å². The van der Waals surface area contributed by atoms with Crippen molar-refractivity contribution in [2.45, 2.75) is 6.92 Å². The molecule has 0 amide bonds. The molecule has 2 heterocycles. The summed E-state index contributed by atoms with van der Waals surface area (Å²) in [6.07, 6.45) is 3.42. The van der Waals surface area contributed by atoms with E-state index >= 15 is 0 Å². The molecule has 4 heteroatoms. The van der Waals surface area contributed by atoms with Crippen molar-refractivity contribution in [2.75, 3.05) is 0 Å². The molecule has 0 bridgehead atoms. The fourth-order valence-electron chi connectivity index (χ4n) is 1.83. The van der Waals surface area contributed by atoms with E-state index in [1.54, 1.807) is 12.4 Å². The second-order valence-corrected chi connectivity index (χ2v) is 3.95. The molecular formula is C13H11N3O. The van der Waals surface area contributed by atoms with Crippen molar-refractivity contribution < 1.29 is 5.11 Å². The topological polar surface area (TPSA) is 61.8 Å². The van der Waals surface area contributed by atoms with Crippen LogP contribution in [0.5, 0.6) is 5.75 Å². The Hall–Kier alpha value is -2.36. The largest absolute Gasteiger partial charge is 0.507 e. The number of fused-ring (bicyclic) bond motifs is 1. The van der Waals surface area contributed by atoms with Gasteiger partial charge in [0.05, 0.1) is 22.8 Å². The maximum absolute atomic E-state index is 10.0. The third kappa shape index (κ3) is 1.54. The summed E-state index contributed by atoms with van der Waals surface area (Å²) in [5.41, 5.74) is 3.25. The lowest BCUT2D eigenvalue weighted by atomic mass is 10.1. The third-order valence-electron chi connectivity index (χ3n) is 2.78. The first-order valence-electron chi connectivity index (χ1n) is 5.34. The molecule has 0 aliphatic carbocycles. The number of nitrogens with zero attached hydrogens (tertiary/aromatic N) is 2. The number of aromatic hydroxyl groups is 1. The second kappa shape index (κ2) is 3.59. The summed E-state index contributed by atoms with van der Waals surface area (Å²) in [7, 11) is 0. The van der Waals surface area contributed by atoms with E-state index in [2.05, 4.69) is 15.0 Å². The smallest absolute Gasteiger partial charge is 0.142 e. The van der Waals surface area contributed by atoms with Gasteiger partial charge in [0.15, 0.2) is 0 Å². The molecule has 0 aliphatic rings. The molecule has 0 saturated carbocycles. The minimum absolute atomic E-state index is 0.263. The van der Waals surface area contributed by atoms with Crippen molar-refractivity contribution in [3.8, 4) is 17.1 Å². The Labute approximate surface area is 98.0 Å². The maximum Gasteiger partial charge on any atom is 0.142 e. The Kier molecular flexibility index (Phi) is 2.08. The fourth-order valence-corrected chi connectivity index (χ4v) is 1.83. The predicted octanol–water partition coefficient (Wildman–Crippen LogP) is 2.64. The average molecular weight is 225 g/mol. The lowest BCUT2D eigenvalue weighted by molar-refractivity contribution is 0.473. The molecule has 2 N–H and O–H groups in total. The predicted molar refractivity (Wildman–Crippen MR) is 65.7 cm³/mol. The van der Waals surface area contributed by atoms with Crippen molar-refractivity contribution in [1.82, 2.24) is 15.0 Å². The lowest BCUT2D eigenvalue weighted by Crippen LogP contribution is -1.83. The Bertz CT molecular complexity index is 655. The van der Waals surface area contributed by atoms with Crippen LogP contribution in [0.3, 0.4) is 0 Å². The van der Waals surface area contributed by atoms with Crippen LogP contribution < -0.4 is 0 Å². The first-order valence-corrected chi connectivity index (χ1v) is 5.34. The molecule has 0 atom stereocenters. The number of rotatable bonds is 1. The van der Waals surface area contributed by atoms with Crippen molar-refractivity contribution in [2.24, 2.45) is 0 Å². The number of nitrogens with one attached hydrogen (secondary N) is 1. The number of aromatic nitrogens is 3. The van der Waals surface area contributed by atoms with Crippen LogP contribution in [0.25, 0.3) is 22.4 Å². The van der Waals surface area contributed by atoms with Gasteiger partial charge in [-0.15, -0.1) is 0 Å². The van der Waals surface area contributed by atoms with E-state index in [1.807, 2.05) is 31.2 Å². The normalized spacial score (nSPS) is 10.9. The summed E-state index contributed by atoms with van der Waals surface area (Å²) in [5.74, 6) is 0.925. The number of aromatic amines is 1. The van der Waals surface area contributed by atoms with E-state index < -0.39 is 0 Å². The molecule has 4 nitrogen and oxygen atoms in total. The fraction of sp³-hybridized carbons (Fsp3) is 0.0769. The number of H-pyrrole nitrogens is 1. The molecule has 0 unspecified atom stereocenters. The minimum Gasteiger partial charge on any atom is -0.507 e. The van der Waals surface area contributed by atoms with Crippen LogP contribution in [0.15, 0.2) is 36.7 Å². The molecular weight excluding hydrogens is 214 g/mol. The quantitative estimate of drug-likeness (QED) is 0.669. The van der Waals surface area contributed by atoms with E-state index in [0.29, 0.717) is 11.4 Å². The highest BCUT2D eigenvalue weighted by Gasteiger charge is 2.10. The standard InChI is InChI=1S/C13H11N3O/c1-8-3-2-4-9(12(8)17)13-15-10-5-6-14-7-11(10)16-13/h2-7,17H,1H3,(H,15,16). The van der Waals surface area contributed by atoms with Gasteiger partial charge >= 0.3 is 0 Å². The summed E-state index contributed by atoms with van der Waals surface area (Å²) in [6, 6.07) is 7.44. The van der Waals surface area contributed by atoms with Crippen LogP contribution in [0, 0.1) is 6.92 Å². The first kappa shape index (κ1) is 9.84. The summed E-state index contributed by atoms with van der Waals surface area (Å²) in [5, 5.41) is 10.0. The highest BCUT2D eigenvalue weighted by Crippen LogP contribution is 2.30. The van der Waals surface area contributed by atoms with E-state index in [-0.39, 0.29) is 5.75 Å². The summed E-state index contributed by atoms with van der Waals surface area (Å²) < 4.78 is 0. The van der Waals surface area contributed by atoms with Crippen molar-refractivity contribution >= 4 is 11.0 Å². The number of hydrogen-bond donors (Lipinski definition) is 2. The zero-order valence-electron chi connectivity index (χ0n) is 9.31. The van der Waals surface area contributed by atoms with E-state index in [0.717, 1.165) is 16.6 Å². The zero-order valence-corrected chi connectivity index (χ0v) is 9.31. The Morgan fingerprint density at radius 3 is 2.94 bits per heavy atom. The number of aryl methyl sites for hydroxylation is 1. The van der Waals surface area contributed by atoms with E-state index in [9.17, 15) is 5.11 Å². The highest BCUT2D eigenvalue weighted by atomic mass is 16.3. The minimum atomic E-state index is 0.263. The van der Waals surface area contributed by atoms with Gasteiger partial charge < -0.3 is 10.1 Å². The molecule has 2 aromatic heterocycles. The third-order valence-corrected chi connectivity index (χ3v) is 2.78. The SMILES string of the molecule is Cc1cccc(-c2nc3ccncc3[nH]2)c1O. The second-order valence-electron chi connectivity index (χ2n) is 3.95. The molecule has 1 aromatic carbocycles. The molecule has 17 heavy (non-hydrogen) atoms. The van der Waals surface area contributed by atoms with Gasteiger partial charge in [-0.25, -0.2) is 4.98 Å². The Morgan fingerprint density at radius 2 is 2.12 bits per heavy atom. The lowest BCUT2D eigenvalue weighted by Gasteiger charge is -2.03. The number of benzene rings is 1. The van der Waals surface area contributed by atoms with Crippen LogP contribution in [0.2, 0.25) is 0 Å². The zero-order chi connectivity index (χ0) is 11.8. The molecule has 0 aliphatic heterocycles. The van der Waals surface area contributed by atoms with Crippen LogP contribution >= 0.6 is 0 Å². The number of phenolic OH excluding ortho intramolecular Hbond substituents is 1. The highest BCUT2D eigenvalue weighted by molar-refractivity contribution is 5.80. The number of imidazole rings is 1. The molecule has 0 saturated heterocycles. The monoisotopic (exact) mass is 225 g/mol. The van der Waals surface area contributed by atoms with E-state index in [4.69, 9.17) is 0 Å². The molecule has 0 radical (unpaired) electrons. The molecule has 3 rings (SSSR count). The van der Waals surface area contributed by atoms with Gasteiger partial charge in [-0.3, -0.25) is 4.98 Å².